The van der Waals surface area contributed by atoms with Gasteiger partial charge in [-0.1, -0.05) is 0 Å². The molecule has 3 N–H and O–H groups in total. The largest absolute Gasteiger partial charge is 0.480 e. The quantitative estimate of drug-likeness (QED) is 0.325. The van der Waals surface area contributed by atoms with Crippen LogP contribution in [0.2, 0.25) is 0 Å². The van der Waals surface area contributed by atoms with Crippen molar-refractivity contribution in [1.82, 2.24) is 10.2 Å². The van der Waals surface area contributed by atoms with Crippen molar-refractivity contribution in [2.24, 2.45) is 0 Å². The SMILES string of the molecule is CCOC(=O)[C@@H](CCC(=O)c1cc(F)cc(F)c1)NC(=O)OC(C)(C)C.O=C(O)[C@H]1CCC(=O)N1C(=O)O. The number of hydrogen-bond acceptors (Lipinski definition) is 8. The van der Waals surface area contributed by atoms with Crippen LogP contribution < -0.4 is 5.32 Å². The summed E-state index contributed by atoms with van der Waals surface area (Å²) < 4.78 is 36.4. The summed E-state index contributed by atoms with van der Waals surface area (Å²) in [5.74, 6) is -4.96. The van der Waals surface area contributed by atoms with E-state index in [0.717, 1.165) is 12.1 Å². The van der Waals surface area contributed by atoms with Crippen LogP contribution in [0.25, 0.3) is 0 Å². The maximum Gasteiger partial charge on any atom is 0.414 e. The fourth-order valence-corrected chi connectivity index (χ4v) is 3.23. The number of halogens is 2. The van der Waals surface area contributed by atoms with Gasteiger partial charge in [-0.3, -0.25) is 9.59 Å². The molecule has 0 unspecified atom stereocenters. The average Bonchev–Trinajstić information content (AvgIpc) is 3.17. The van der Waals surface area contributed by atoms with Crippen molar-refractivity contribution in [3.05, 3.63) is 35.4 Å². The second-order valence-corrected chi connectivity index (χ2v) is 9.01. The van der Waals surface area contributed by atoms with E-state index in [1.165, 1.54) is 0 Å². The lowest BCUT2D eigenvalue weighted by Crippen LogP contribution is -2.44. The summed E-state index contributed by atoms with van der Waals surface area (Å²) in [6, 6.07) is 0.155. The molecule has 210 valence electrons. The Bertz CT molecular complexity index is 1050. The summed E-state index contributed by atoms with van der Waals surface area (Å²) >= 11 is 0. The smallest absolute Gasteiger partial charge is 0.414 e. The monoisotopic (exact) mass is 544 g/mol. The molecule has 2 atom stereocenters. The van der Waals surface area contributed by atoms with Crippen molar-refractivity contribution in [2.75, 3.05) is 6.61 Å². The van der Waals surface area contributed by atoms with Gasteiger partial charge >= 0.3 is 24.1 Å². The average molecular weight is 545 g/mol. The van der Waals surface area contributed by atoms with Crippen molar-refractivity contribution in [3.8, 4) is 0 Å². The maximum atomic E-state index is 13.2. The van der Waals surface area contributed by atoms with Gasteiger partial charge in [-0.2, -0.15) is 0 Å². The Balaban J connectivity index is 0.000000499. The normalized spacial score (nSPS) is 15.6. The van der Waals surface area contributed by atoms with Crippen LogP contribution in [-0.2, 0) is 23.9 Å². The lowest BCUT2D eigenvalue weighted by Gasteiger charge is -2.22. The summed E-state index contributed by atoms with van der Waals surface area (Å²) in [7, 11) is 0. The number of carbonyl (C=O) groups excluding carboxylic acids is 4. The minimum atomic E-state index is -1.50. The van der Waals surface area contributed by atoms with Gasteiger partial charge in [-0.05, 0) is 52.7 Å². The Morgan fingerprint density at radius 3 is 2.13 bits per heavy atom. The van der Waals surface area contributed by atoms with Gasteiger partial charge < -0.3 is 25.0 Å². The van der Waals surface area contributed by atoms with Crippen LogP contribution in [0.5, 0.6) is 0 Å². The molecule has 3 amide bonds. The summed E-state index contributed by atoms with van der Waals surface area (Å²) in [4.78, 5) is 67.9. The number of amides is 3. The van der Waals surface area contributed by atoms with Crippen LogP contribution in [0.1, 0.15) is 63.7 Å². The molecule has 1 aromatic carbocycles. The first kappa shape index (κ1) is 31.9. The van der Waals surface area contributed by atoms with Gasteiger partial charge in [0.25, 0.3) is 0 Å². The zero-order valence-electron chi connectivity index (χ0n) is 21.3. The molecule has 0 spiro atoms. The number of aliphatic carboxylic acids is 1. The fourth-order valence-electron chi connectivity index (χ4n) is 3.23. The van der Waals surface area contributed by atoms with Gasteiger partial charge in [0.05, 0.1) is 6.61 Å². The number of benzene rings is 1. The third-order valence-electron chi connectivity index (χ3n) is 4.81. The van der Waals surface area contributed by atoms with E-state index in [2.05, 4.69) is 5.32 Å². The summed E-state index contributed by atoms with van der Waals surface area (Å²) in [5.41, 5.74) is -0.916. The number of nitrogens with one attached hydrogen (secondary N) is 1. The van der Waals surface area contributed by atoms with E-state index in [9.17, 15) is 37.5 Å². The maximum absolute atomic E-state index is 13.2. The second-order valence-electron chi connectivity index (χ2n) is 9.01. The molecule has 38 heavy (non-hydrogen) atoms. The van der Waals surface area contributed by atoms with Crippen LogP contribution in [0.4, 0.5) is 18.4 Å². The molecule has 1 aliphatic rings. The number of ketones is 1. The van der Waals surface area contributed by atoms with E-state index >= 15 is 0 Å². The van der Waals surface area contributed by atoms with Crippen molar-refractivity contribution in [3.63, 3.8) is 0 Å². The highest BCUT2D eigenvalue weighted by atomic mass is 19.1. The van der Waals surface area contributed by atoms with Crippen LogP contribution >= 0.6 is 0 Å². The van der Waals surface area contributed by atoms with Crippen LogP contribution in [0.3, 0.4) is 0 Å². The second kappa shape index (κ2) is 14.0. The third-order valence-corrected chi connectivity index (χ3v) is 4.81. The summed E-state index contributed by atoms with van der Waals surface area (Å²) in [6.07, 6.45) is -2.59. The minimum Gasteiger partial charge on any atom is -0.480 e. The highest BCUT2D eigenvalue weighted by Gasteiger charge is 2.40. The molecule has 0 aliphatic carbocycles. The van der Waals surface area contributed by atoms with Gasteiger partial charge in [-0.25, -0.2) is 32.9 Å². The van der Waals surface area contributed by atoms with E-state index < -0.39 is 65.1 Å². The molecule has 1 heterocycles. The van der Waals surface area contributed by atoms with Crippen LogP contribution in [-0.4, -0.2) is 75.2 Å². The number of imide groups is 1. The molecular weight excluding hydrogens is 514 g/mol. The molecule has 1 aliphatic heterocycles. The molecule has 0 saturated carbocycles. The molecule has 0 radical (unpaired) electrons. The third kappa shape index (κ3) is 10.5. The summed E-state index contributed by atoms with van der Waals surface area (Å²) in [5, 5.41) is 19.3. The number of esters is 1. The van der Waals surface area contributed by atoms with Gasteiger partial charge in [0.15, 0.2) is 5.78 Å². The Kier molecular flexibility index (Phi) is 11.8. The zero-order valence-corrected chi connectivity index (χ0v) is 21.3. The number of Topliss-reactive ketones (excluding diaryl/α,β-unsaturated/α-hetero) is 1. The topological polar surface area (TPSA) is 177 Å². The molecule has 1 saturated heterocycles. The molecule has 12 nitrogen and oxygen atoms in total. The molecule has 0 bridgehead atoms. The highest BCUT2D eigenvalue weighted by molar-refractivity contribution is 5.98. The standard InChI is InChI=1S/C18H23F2NO5.C6H7NO5/c1-5-25-16(23)14(21-17(24)26-18(2,3)4)6-7-15(22)11-8-12(19)10-13(20)9-11;8-4-2-1-3(5(9)10)7(4)6(11)12/h8-10,14H,5-7H2,1-4H3,(H,21,24);3H,1-2H2,(H,9,10)(H,11,12)/t14-;3-/m11/s1. The highest BCUT2D eigenvalue weighted by Crippen LogP contribution is 2.18. The number of alkyl carbamates (subject to hydrolysis) is 1. The lowest BCUT2D eigenvalue weighted by molar-refractivity contribution is -0.146. The number of carboxylic acids is 1. The number of rotatable bonds is 8. The first-order chi connectivity index (χ1) is 17.5. The molecule has 14 heteroatoms. The number of ether oxygens (including phenoxy) is 2. The Morgan fingerprint density at radius 1 is 1.11 bits per heavy atom. The van der Waals surface area contributed by atoms with Crippen LogP contribution in [0.15, 0.2) is 18.2 Å². The Labute approximate surface area is 216 Å². The van der Waals surface area contributed by atoms with E-state index in [0.29, 0.717) is 11.0 Å². The van der Waals surface area contributed by atoms with Gasteiger partial charge in [-0.15, -0.1) is 0 Å². The Morgan fingerprint density at radius 2 is 1.68 bits per heavy atom. The van der Waals surface area contributed by atoms with E-state index in [4.69, 9.17) is 19.7 Å². The number of carbonyl (C=O) groups is 6. The van der Waals surface area contributed by atoms with Crippen LogP contribution in [0, 0.1) is 11.6 Å². The van der Waals surface area contributed by atoms with Gasteiger partial charge in [0.1, 0.15) is 29.3 Å². The van der Waals surface area contributed by atoms with Crippen molar-refractivity contribution in [1.29, 1.82) is 0 Å². The first-order valence-electron chi connectivity index (χ1n) is 11.5. The van der Waals surface area contributed by atoms with Crippen molar-refractivity contribution < 1.29 is 57.2 Å². The van der Waals surface area contributed by atoms with E-state index in [1.807, 2.05) is 0 Å². The summed E-state index contributed by atoms with van der Waals surface area (Å²) in [6.45, 7) is 6.67. The van der Waals surface area contributed by atoms with E-state index in [-0.39, 0.29) is 37.9 Å². The fraction of sp³-hybridized carbons (Fsp3) is 0.500. The Hall–Kier alpha value is -4.10. The van der Waals surface area contributed by atoms with Crippen molar-refractivity contribution in [2.45, 2.75) is 71.1 Å². The van der Waals surface area contributed by atoms with Gasteiger partial charge in [0.2, 0.25) is 5.91 Å². The predicted molar refractivity (Wildman–Crippen MR) is 125 cm³/mol. The van der Waals surface area contributed by atoms with Crippen molar-refractivity contribution >= 4 is 35.8 Å². The number of likely N-dealkylation sites (tertiary alicyclic amines) is 1. The first-order valence-corrected chi connectivity index (χ1v) is 11.5. The molecule has 0 aromatic heterocycles. The zero-order chi connectivity index (χ0) is 29.2. The number of hydrogen-bond donors (Lipinski definition) is 3. The molecular formula is C24H30F2N2O10. The number of nitrogens with zero attached hydrogens (tertiary/aromatic N) is 1. The molecule has 1 fully saturated rings. The van der Waals surface area contributed by atoms with Gasteiger partial charge in [0, 0.05) is 24.5 Å². The van der Waals surface area contributed by atoms with E-state index in [1.54, 1.807) is 27.7 Å². The molecule has 2 rings (SSSR count). The number of carboxylic acid groups (broad SMARTS) is 2. The lowest BCUT2D eigenvalue weighted by atomic mass is 10.0. The minimum absolute atomic E-state index is 0.0106. The predicted octanol–water partition coefficient (Wildman–Crippen LogP) is 3.12. The molecule has 1 aromatic rings.